The van der Waals surface area contributed by atoms with Crippen molar-refractivity contribution in [3.8, 4) is 0 Å². The molecule has 0 radical (unpaired) electrons. The summed E-state index contributed by atoms with van der Waals surface area (Å²) >= 11 is 0. The predicted octanol–water partition coefficient (Wildman–Crippen LogP) is 2.63. The van der Waals surface area contributed by atoms with Crippen molar-refractivity contribution in [2.45, 2.75) is 32.9 Å². The van der Waals surface area contributed by atoms with Crippen LogP contribution in [0.5, 0.6) is 0 Å². The first kappa shape index (κ1) is 13.4. The number of aryl methyl sites for hydroxylation is 1. The van der Waals surface area contributed by atoms with Crippen molar-refractivity contribution in [2.24, 2.45) is 0 Å². The summed E-state index contributed by atoms with van der Waals surface area (Å²) in [6.45, 7) is 8.26. The third-order valence-electron chi connectivity index (χ3n) is 3.82. The Bertz CT molecular complexity index is 430. The zero-order chi connectivity index (χ0) is 13.3. The van der Waals surface area contributed by atoms with Gasteiger partial charge >= 0.3 is 0 Å². The van der Waals surface area contributed by atoms with Crippen molar-refractivity contribution < 1.29 is 8.78 Å². The van der Waals surface area contributed by atoms with Gasteiger partial charge < -0.3 is 5.32 Å². The summed E-state index contributed by atoms with van der Waals surface area (Å²) in [6, 6.07) is 2.95. The van der Waals surface area contributed by atoms with Gasteiger partial charge in [-0.05, 0) is 38.1 Å². The monoisotopic (exact) mass is 254 g/mol. The third-order valence-corrected chi connectivity index (χ3v) is 3.82. The van der Waals surface area contributed by atoms with Gasteiger partial charge in [-0.2, -0.15) is 0 Å². The highest BCUT2D eigenvalue weighted by Crippen LogP contribution is 2.27. The molecule has 1 aliphatic rings. The molecule has 1 saturated heterocycles. The van der Waals surface area contributed by atoms with Crippen LogP contribution in [0.2, 0.25) is 0 Å². The second-order valence-electron chi connectivity index (χ2n) is 4.94. The van der Waals surface area contributed by atoms with E-state index in [9.17, 15) is 8.78 Å². The molecule has 0 aliphatic carbocycles. The Balaban J connectivity index is 2.26. The molecule has 0 saturated carbocycles. The number of rotatable bonds is 4. The first-order valence-corrected chi connectivity index (χ1v) is 6.46. The van der Waals surface area contributed by atoms with Crippen molar-refractivity contribution in [3.63, 3.8) is 0 Å². The van der Waals surface area contributed by atoms with Crippen LogP contribution in [0.4, 0.5) is 8.78 Å². The Kier molecular flexibility index (Phi) is 3.97. The van der Waals surface area contributed by atoms with Gasteiger partial charge in [0.1, 0.15) is 11.6 Å². The summed E-state index contributed by atoms with van der Waals surface area (Å²) in [4.78, 5) is 2.21. The summed E-state index contributed by atoms with van der Waals surface area (Å²) < 4.78 is 27.5. The van der Waals surface area contributed by atoms with Gasteiger partial charge in [0.25, 0.3) is 0 Å². The highest BCUT2D eigenvalue weighted by Gasteiger charge is 2.29. The summed E-state index contributed by atoms with van der Waals surface area (Å²) in [5.41, 5.74) is 0.809. The van der Waals surface area contributed by atoms with E-state index in [2.05, 4.69) is 17.1 Å². The van der Waals surface area contributed by atoms with E-state index in [0.29, 0.717) is 17.2 Å². The molecule has 2 nitrogen and oxygen atoms in total. The van der Waals surface area contributed by atoms with Crippen LogP contribution in [-0.4, -0.2) is 30.6 Å². The van der Waals surface area contributed by atoms with Gasteiger partial charge in [-0.3, -0.25) is 4.90 Å². The van der Waals surface area contributed by atoms with Crippen molar-refractivity contribution in [2.75, 3.05) is 19.6 Å². The molecule has 0 amide bonds. The first-order chi connectivity index (χ1) is 8.54. The highest BCUT2D eigenvalue weighted by atomic mass is 19.1. The molecular weight excluding hydrogens is 234 g/mol. The maximum absolute atomic E-state index is 14.0. The molecule has 1 aromatic rings. The van der Waals surface area contributed by atoms with Crippen LogP contribution in [0.15, 0.2) is 12.1 Å². The Morgan fingerprint density at radius 1 is 1.33 bits per heavy atom. The minimum Gasteiger partial charge on any atom is -0.314 e. The Labute approximate surface area is 107 Å². The first-order valence-electron chi connectivity index (χ1n) is 6.46. The molecule has 1 unspecified atom stereocenters. The molecule has 0 aromatic heterocycles. The van der Waals surface area contributed by atoms with E-state index in [1.54, 1.807) is 6.92 Å². The predicted molar refractivity (Wildman–Crippen MR) is 68.5 cm³/mol. The topological polar surface area (TPSA) is 15.3 Å². The van der Waals surface area contributed by atoms with Crippen LogP contribution in [0.1, 0.15) is 31.0 Å². The van der Waals surface area contributed by atoms with E-state index in [1.165, 1.54) is 12.1 Å². The smallest absolute Gasteiger partial charge is 0.128 e. The lowest BCUT2D eigenvalue weighted by Gasteiger charge is -2.41. The lowest BCUT2D eigenvalue weighted by Crippen LogP contribution is -2.57. The number of hydrogen-bond acceptors (Lipinski definition) is 2. The summed E-state index contributed by atoms with van der Waals surface area (Å²) in [7, 11) is 0. The Hall–Kier alpha value is -1.00. The number of halogens is 2. The van der Waals surface area contributed by atoms with Gasteiger partial charge in [-0.25, -0.2) is 8.78 Å². The zero-order valence-electron chi connectivity index (χ0n) is 11.1. The van der Waals surface area contributed by atoms with Crippen LogP contribution < -0.4 is 5.32 Å². The van der Waals surface area contributed by atoms with Crippen LogP contribution in [0.3, 0.4) is 0 Å². The molecule has 0 spiro atoms. The minimum absolute atomic E-state index is 0.0998. The molecule has 1 N–H and O–H groups in total. The van der Waals surface area contributed by atoms with E-state index in [1.807, 2.05) is 6.92 Å². The highest BCUT2D eigenvalue weighted by molar-refractivity contribution is 5.27. The number of hydrogen-bond donors (Lipinski definition) is 1. The summed E-state index contributed by atoms with van der Waals surface area (Å²) in [5, 5.41) is 3.21. The van der Waals surface area contributed by atoms with E-state index in [4.69, 9.17) is 0 Å². The average molecular weight is 254 g/mol. The molecule has 18 heavy (non-hydrogen) atoms. The molecular formula is C14H20F2N2. The van der Waals surface area contributed by atoms with Gasteiger partial charge in [0, 0.05) is 30.7 Å². The van der Waals surface area contributed by atoms with Crippen LogP contribution in [0, 0.1) is 18.6 Å². The fraction of sp³-hybridized carbons (Fsp3) is 0.571. The van der Waals surface area contributed by atoms with E-state index >= 15 is 0 Å². The number of nitrogens with zero attached hydrogens (tertiary/aromatic N) is 1. The lowest BCUT2D eigenvalue weighted by molar-refractivity contribution is 0.107. The lowest BCUT2D eigenvalue weighted by atomic mass is 10.0. The van der Waals surface area contributed by atoms with Crippen molar-refractivity contribution in [3.05, 3.63) is 34.9 Å². The molecule has 1 aromatic carbocycles. The molecule has 1 aliphatic heterocycles. The van der Waals surface area contributed by atoms with Crippen molar-refractivity contribution in [1.29, 1.82) is 0 Å². The Morgan fingerprint density at radius 3 is 2.50 bits per heavy atom. The van der Waals surface area contributed by atoms with Crippen LogP contribution >= 0.6 is 0 Å². The molecule has 4 heteroatoms. The summed E-state index contributed by atoms with van der Waals surface area (Å²) in [6.07, 6.45) is 0. The van der Waals surface area contributed by atoms with Gasteiger partial charge in [-0.1, -0.05) is 6.92 Å². The second kappa shape index (κ2) is 5.33. The van der Waals surface area contributed by atoms with Gasteiger partial charge in [-0.15, -0.1) is 0 Å². The van der Waals surface area contributed by atoms with Gasteiger partial charge in [0.2, 0.25) is 0 Å². The van der Waals surface area contributed by atoms with Gasteiger partial charge in [0.15, 0.2) is 0 Å². The SMILES string of the molecule is CCN(C1CNC1)C(C)c1cc(F)c(C)cc1F. The van der Waals surface area contributed by atoms with E-state index in [-0.39, 0.29) is 17.7 Å². The Morgan fingerprint density at radius 2 is 2.00 bits per heavy atom. The molecule has 1 fully saturated rings. The van der Waals surface area contributed by atoms with Gasteiger partial charge in [0.05, 0.1) is 0 Å². The molecule has 100 valence electrons. The normalized spacial score (nSPS) is 17.9. The summed E-state index contributed by atoms with van der Waals surface area (Å²) in [5.74, 6) is -0.645. The molecule has 1 heterocycles. The fourth-order valence-electron chi connectivity index (χ4n) is 2.52. The van der Waals surface area contributed by atoms with Crippen LogP contribution in [0.25, 0.3) is 0 Å². The number of likely N-dealkylation sites (N-methyl/N-ethyl adjacent to an activating group) is 1. The van der Waals surface area contributed by atoms with Crippen molar-refractivity contribution >= 4 is 0 Å². The second-order valence-corrected chi connectivity index (χ2v) is 4.94. The fourth-order valence-corrected chi connectivity index (χ4v) is 2.52. The molecule has 0 bridgehead atoms. The zero-order valence-corrected chi connectivity index (χ0v) is 11.1. The quantitative estimate of drug-likeness (QED) is 0.888. The maximum atomic E-state index is 14.0. The maximum Gasteiger partial charge on any atom is 0.128 e. The third kappa shape index (κ3) is 2.40. The van der Waals surface area contributed by atoms with E-state index in [0.717, 1.165) is 19.6 Å². The van der Waals surface area contributed by atoms with E-state index < -0.39 is 0 Å². The number of benzene rings is 1. The van der Waals surface area contributed by atoms with Crippen molar-refractivity contribution in [1.82, 2.24) is 10.2 Å². The standard InChI is InChI=1S/C14H20F2N2/c1-4-18(11-7-17-8-11)10(3)12-6-13(15)9(2)5-14(12)16/h5-6,10-11,17H,4,7-8H2,1-3H3. The largest absolute Gasteiger partial charge is 0.314 e. The minimum atomic E-state index is -0.332. The van der Waals surface area contributed by atoms with Crippen LogP contribution in [-0.2, 0) is 0 Å². The number of nitrogens with one attached hydrogen (secondary N) is 1. The molecule has 2 rings (SSSR count). The molecule has 1 atom stereocenters. The average Bonchev–Trinajstić information content (AvgIpc) is 2.27.